The van der Waals surface area contributed by atoms with Crippen molar-refractivity contribution in [1.29, 1.82) is 0 Å². The van der Waals surface area contributed by atoms with Crippen LogP contribution in [0.1, 0.15) is 22.8 Å². The molecule has 4 N–H and O–H groups in total. The zero-order chi connectivity index (χ0) is 22.8. The fourth-order valence-corrected chi connectivity index (χ4v) is 3.83. The van der Waals surface area contributed by atoms with Crippen molar-refractivity contribution in [3.8, 4) is 11.8 Å². The number of aliphatic hydroxyl groups excluding tert-OH is 4. The minimum Gasteiger partial charge on any atom is -0.424 e. The van der Waals surface area contributed by atoms with Crippen molar-refractivity contribution in [3.63, 3.8) is 0 Å². The molecule has 10 heteroatoms. The second kappa shape index (κ2) is 9.53. The molecule has 2 aromatic carbocycles. The summed E-state index contributed by atoms with van der Waals surface area (Å²) in [5, 5.41) is 48.1. The van der Waals surface area contributed by atoms with E-state index in [4.69, 9.17) is 21.1 Å². The lowest BCUT2D eigenvalue weighted by atomic mass is 9.90. The average molecular weight is 462 g/mol. The Hall–Kier alpha value is -2.53. The van der Waals surface area contributed by atoms with Gasteiger partial charge in [-0.05, 0) is 41.3 Å². The Balaban J connectivity index is 1.51. The Morgan fingerprint density at radius 1 is 1.06 bits per heavy atom. The number of rotatable bonds is 6. The Morgan fingerprint density at radius 3 is 2.47 bits per heavy atom. The van der Waals surface area contributed by atoms with Crippen LogP contribution in [-0.2, 0) is 18.2 Å². The van der Waals surface area contributed by atoms with Gasteiger partial charge in [0.25, 0.3) is 0 Å². The van der Waals surface area contributed by atoms with Crippen molar-refractivity contribution in [2.45, 2.75) is 36.9 Å². The number of nitrogens with zero attached hydrogens (tertiary/aromatic N) is 3. The Labute approximate surface area is 189 Å². The highest BCUT2D eigenvalue weighted by Crippen LogP contribution is 2.34. The van der Waals surface area contributed by atoms with E-state index in [9.17, 15) is 20.4 Å². The largest absolute Gasteiger partial charge is 0.424 e. The van der Waals surface area contributed by atoms with Crippen LogP contribution < -0.4 is 4.74 Å². The van der Waals surface area contributed by atoms with Gasteiger partial charge in [-0.1, -0.05) is 41.0 Å². The van der Waals surface area contributed by atoms with Crippen molar-refractivity contribution in [1.82, 2.24) is 14.8 Å². The van der Waals surface area contributed by atoms with Gasteiger partial charge < -0.3 is 29.9 Å². The molecule has 0 unspecified atom stereocenters. The fraction of sp³-hybridized carbons (Fsp3) is 0.364. The zero-order valence-electron chi connectivity index (χ0n) is 17.2. The molecule has 0 bridgehead atoms. The minimum absolute atomic E-state index is 0.382. The number of halogens is 1. The highest BCUT2D eigenvalue weighted by atomic mass is 35.5. The SMILES string of the molecule is Cn1cnnc1Oc1ccc(Cc2cc([C@@H]3O[C@H](CO)[C@@H](O)[C@H](O)[C@H]3O)ccc2Cl)cc1. The third-order valence-corrected chi connectivity index (χ3v) is 5.86. The molecule has 1 saturated heterocycles. The molecule has 0 aliphatic carbocycles. The van der Waals surface area contributed by atoms with Gasteiger partial charge in [0.1, 0.15) is 42.6 Å². The molecule has 1 aliphatic rings. The summed E-state index contributed by atoms with van der Waals surface area (Å²) in [5.41, 5.74) is 2.36. The maximum absolute atomic E-state index is 10.4. The van der Waals surface area contributed by atoms with Gasteiger partial charge in [-0.15, -0.1) is 5.10 Å². The van der Waals surface area contributed by atoms with Gasteiger partial charge in [0.05, 0.1) is 6.61 Å². The molecule has 0 spiro atoms. The number of benzene rings is 2. The lowest BCUT2D eigenvalue weighted by molar-refractivity contribution is -0.231. The molecule has 1 aliphatic heterocycles. The molecule has 4 rings (SSSR count). The molecule has 0 saturated carbocycles. The Kier molecular flexibility index (Phi) is 6.75. The first-order valence-corrected chi connectivity index (χ1v) is 10.4. The first-order chi connectivity index (χ1) is 15.4. The van der Waals surface area contributed by atoms with Crippen LogP contribution in [-0.4, -0.2) is 66.2 Å². The molecule has 1 fully saturated rings. The van der Waals surface area contributed by atoms with Crippen molar-refractivity contribution in [3.05, 3.63) is 70.5 Å². The summed E-state index contributed by atoms with van der Waals surface area (Å²) in [7, 11) is 1.79. The highest BCUT2D eigenvalue weighted by Gasteiger charge is 2.44. The molecule has 2 heterocycles. The Morgan fingerprint density at radius 2 is 1.81 bits per heavy atom. The number of ether oxygens (including phenoxy) is 2. The molecule has 3 aromatic rings. The van der Waals surface area contributed by atoms with E-state index < -0.39 is 37.1 Å². The van der Waals surface area contributed by atoms with Crippen molar-refractivity contribution in [2.75, 3.05) is 6.61 Å². The summed E-state index contributed by atoms with van der Waals surface area (Å²) in [6, 6.07) is 13.0. The molecule has 170 valence electrons. The molecule has 0 amide bonds. The van der Waals surface area contributed by atoms with E-state index in [2.05, 4.69) is 10.2 Å². The van der Waals surface area contributed by atoms with Crippen LogP contribution >= 0.6 is 11.6 Å². The summed E-state index contributed by atoms with van der Waals surface area (Å²) in [6.07, 6.45) is -4.02. The van der Waals surface area contributed by atoms with Gasteiger partial charge in [-0.25, -0.2) is 0 Å². The van der Waals surface area contributed by atoms with Crippen LogP contribution in [0.15, 0.2) is 48.8 Å². The number of hydrogen-bond acceptors (Lipinski definition) is 8. The lowest BCUT2D eigenvalue weighted by Crippen LogP contribution is -2.55. The third kappa shape index (κ3) is 4.63. The number of hydrogen-bond donors (Lipinski definition) is 4. The predicted molar refractivity (Wildman–Crippen MR) is 114 cm³/mol. The van der Waals surface area contributed by atoms with Gasteiger partial charge in [-0.2, -0.15) is 0 Å². The summed E-state index contributed by atoms with van der Waals surface area (Å²) in [4.78, 5) is 0. The maximum Gasteiger partial charge on any atom is 0.322 e. The van der Waals surface area contributed by atoms with Crippen LogP contribution in [0.3, 0.4) is 0 Å². The normalized spacial score (nSPS) is 25.6. The number of aromatic nitrogens is 3. The van der Waals surface area contributed by atoms with Crippen LogP contribution in [0.5, 0.6) is 11.8 Å². The van der Waals surface area contributed by atoms with Crippen LogP contribution in [0.25, 0.3) is 0 Å². The van der Waals surface area contributed by atoms with Gasteiger partial charge in [0.15, 0.2) is 0 Å². The standard InChI is InChI=1S/C22H24ClN3O6/c1-26-11-24-25-22(26)31-15-5-2-12(3-6-15)8-14-9-13(4-7-16(14)23)21-20(30)19(29)18(28)17(10-27)32-21/h2-7,9,11,17-21,27-30H,8,10H2,1H3/t17-,18-,19+,20-,21+/m1/s1. The topological polar surface area (TPSA) is 130 Å². The van der Waals surface area contributed by atoms with E-state index >= 15 is 0 Å². The second-order valence-electron chi connectivity index (χ2n) is 7.75. The second-order valence-corrected chi connectivity index (χ2v) is 8.15. The Bertz CT molecular complexity index is 1060. The fourth-order valence-electron chi connectivity index (χ4n) is 3.65. The van der Waals surface area contributed by atoms with Crippen molar-refractivity contribution in [2.24, 2.45) is 7.05 Å². The molecule has 9 nitrogen and oxygen atoms in total. The van der Waals surface area contributed by atoms with E-state index in [-0.39, 0.29) is 0 Å². The highest BCUT2D eigenvalue weighted by molar-refractivity contribution is 6.31. The molecule has 32 heavy (non-hydrogen) atoms. The first kappa shape index (κ1) is 22.7. The summed E-state index contributed by atoms with van der Waals surface area (Å²) >= 11 is 6.40. The number of aryl methyl sites for hydroxylation is 1. The average Bonchev–Trinajstić information content (AvgIpc) is 3.19. The quantitative estimate of drug-likeness (QED) is 0.433. The summed E-state index contributed by atoms with van der Waals surface area (Å²) in [5.74, 6) is 0.617. The molecule has 1 aromatic heterocycles. The monoisotopic (exact) mass is 461 g/mol. The maximum atomic E-state index is 10.4. The molecule has 0 radical (unpaired) electrons. The van der Waals surface area contributed by atoms with Crippen LogP contribution in [0.4, 0.5) is 0 Å². The minimum atomic E-state index is -1.44. The van der Waals surface area contributed by atoms with Gasteiger partial charge in [0.2, 0.25) is 0 Å². The van der Waals surface area contributed by atoms with E-state index in [0.717, 1.165) is 11.1 Å². The molecular formula is C22H24ClN3O6. The smallest absolute Gasteiger partial charge is 0.322 e. The third-order valence-electron chi connectivity index (χ3n) is 5.49. The summed E-state index contributed by atoms with van der Waals surface area (Å²) in [6.45, 7) is -0.481. The first-order valence-electron chi connectivity index (χ1n) is 10.1. The number of aliphatic hydroxyl groups is 4. The van der Waals surface area contributed by atoms with Crippen LogP contribution in [0, 0.1) is 0 Å². The molecular weight excluding hydrogens is 438 g/mol. The van der Waals surface area contributed by atoms with Crippen molar-refractivity contribution < 1.29 is 29.9 Å². The summed E-state index contributed by atoms with van der Waals surface area (Å²) < 4.78 is 13.0. The van der Waals surface area contributed by atoms with E-state index in [1.807, 2.05) is 24.3 Å². The van der Waals surface area contributed by atoms with Crippen LogP contribution in [0.2, 0.25) is 5.02 Å². The van der Waals surface area contributed by atoms with Crippen molar-refractivity contribution >= 4 is 11.6 Å². The van der Waals surface area contributed by atoms with Gasteiger partial charge in [-0.3, -0.25) is 4.57 Å². The van der Waals surface area contributed by atoms with E-state index in [1.165, 1.54) is 0 Å². The molecule has 5 atom stereocenters. The predicted octanol–water partition coefficient (Wildman–Crippen LogP) is 1.37. The van der Waals surface area contributed by atoms with E-state index in [1.54, 1.807) is 36.1 Å². The zero-order valence-corrected chi connectivity index (χ0v) is 18.0. The lowest BCUT2D eigenvalue weighted by Gasteiger charge is -2.40. The van der Waals surface area contributed by atoms with Gasteiger partial charge >= 0.3 is 6.01 Å². The van der Waals surface area contributed by atoms with Gasteiger partial charge in [0, 0.05) is 12.1 Å². The van der Waals surface area contributed by atoms with E-state index in [0.29, 0.717) is 28.8 Å².